The van der Waals surface area contributed by atoms with Crippen molar-refractivity contribution in [1.29, 1.82) is 0 Å². The third-order valence-corrected chi connectivity index (χ3v) is 9.54. The van der Waals surface area contributed by atoms with Crippen LogP contribution in [0.2, 0.25) is 0 Å². The first-order valence-corrected chi connectivity index (χ1v) is 20.5. The van der Waals surface area contributed by atoms with Gasteiger partial charge in [-0.3, -0.25) is 4.79 Å². The van der Waals surface area contributed by atoms with E-state index in [0.717, 1.165) is 18.0 Å². The molecule has 1 aliphatic rings. The predicted molar refractivity (Wildman–Crippen MR) is 232 cm³/mol. The highest BCUT2D eigenvalue weighted by molar-refractivity contribution is 7.00. The molecule has 0 bridgehead atoms. The molecule has 4 aromatic carbocycles. The van der Waals surface area contributed by atoms with Crippen LogP contribution in [0.15, 0.2) is 66.2 Å². The lowest BCUT2D eigenvalue weighted by Crippen LogP contribution is -2.30. The maximum absolute atomic E-state index is 13.7. The summed E-state index contributed by atoms with van der Waals surface area (Å²) in [5.41, 5.74) is 3.76. The standard InChI is InChI=1S/C32H34N2O8S.C14H20O4/c1-17(2)40-28-14-19(13-27(39-7)30(28)41-18(3)4)12-23-29(20-8-10-24-25(15-20)34-43-33-24)31(35)42-32(23,36)22-16-21(37-5)9-11-26(22)38-6;1-9(2)17-13-7-11(8-15)6-12(16-5)14(13)18-10(3)4/h8-11,13-18,36H,12H2,1-7H3;6-10H,1-5H3. The van der Waals surface area contributed by atoms with Crippen molar-refractivity contribution in [2.24, 2.45) is 0 Å². The summed E-state index contributed by atoms with van der Waals surface area (Å²) in [6.07, 6.45) is 0.538. The molecule has 1 atom stereocenters. The van der Waals surface area contributed by atoms with Crippen molar-refractivity contribution in [3.8, 4) is 46.0 Å². The molecule has 61 heavy (non-hydrogen) atoms. The van der Waals surface area contributed by atoms with Crippen LogP contribution in [0.3, 0.4) is 0 Å². The molecule has 14 nitrogen and oxygen atoms in total. The lowest BCUT2D eigenvalue weighted by Gasteiger charge is -2.28. The van der Waals surface area contributed by atoms with E-state index in [1.54, 1.807) is 61.7 Å². The molecule has 2 heterocycles. The molecule has 1 aliphatic heterocycles. The van der Waals surface area contributed by atoms with Crippen molar-refractivity contribution in [1.82, 2.24) is 8.75 Å². The van der Waals surface area contributed by atoms with Crippen LogP contribution in [0.4, 0.5) is 0 Å². The zero-order valence-electron chi connectivity index (χ0n) is 36.6. The number of rotatable bonds is 17. The highest BCUT2D eigenvalue weighted by Crippen LogP contribution is 2.50. The van der Waals surface area contributed by atoms with E-state index in [2.05, 4.69) is 8.75 Å². The molecule has 1 unspecified atom stereocenters. The lowest BCUT2D eigenvalue weighted by atomic mass is 9.87. The van der Waals surface area contributed by atoms with Crippen molar-refractivity contribution in [2.75, 3.05) is 28.4 Å². The van der Waals surface area contributed by atoms with Gasteiger partial charge >= 0.3 is 5.97 Å². The Morgan fingerprint density at radius 3 is 1.75 bits per heavy atom. The van der Waals surface area contributed by atoms with E-state index >= 15 is 0 Å². The largest absolute Gasteiger partial charge is 0.497 e. The molecule has 15 heteroatoms. The van der Waals surface area contributed by atoms with Gasteiger partial charge in [-0.25, -0.2) is 4.79 Å². The first-order chi connectivity index (χ1) is 29.0. The highest BCUT2D eigenvalue weighted by atomic mass is 32.1. The molecule has 6 rings (SSSR count). The first kappa shape index (κ1) is 46.0. The fourth-order valence-electron chi connectivity index (χ4n) is 6.57. The Bertz CT molecular complexity index is 2370. The molecule has 5 aromatic rings. The summed E-state index contributed by atoms with van der Waals surface area (Å²) in [5, 5.41) is 12.4. The summed E-state index contributed by atoms with van der Waals surface area (Å²) in [5.74, 6) is 0.833. The number of benzene rings is 4. The number of aliphatic hydroxyl groups is 1. The number of nitrogens with zero attached hydrogens (tertiary/aromatic N) is 2. The zero-order chi connectivity index (χ0) is 44.6. The topological polar surface area (TPSA) is 163 Å². The van der Waals surface area contributed by atoms with Crippen molar-refractivity contribution in [3.05, 3.63) is 88.5 Å². The first-order valence-electron chi connectivity index (χ1n) is 19.7. The molecular weight excluding hydrogens is 805 g/mol. The van der Waals surface area contributed by atoms with Gasteiger partial charge in [-0.15, -0.1) is 0 Å². The van der Waals surface area contributed by atoms with E-state index in [-0.39, 0.29) is 42.0 Å². The van der Waals surface area contributed by atoms with E-state index in [1.807, 2.05) is 61.5 Å². The maximum Gasteiger partial charge on any atom is 0.342 e. The minimum absolute atomic E-state index is 0.00417. The second-order valence-corrected chi connectivity index (χ2v) is 15.6. The van der Waals surface area contributed by atoms with Crippen LogP contribution >= 0.6 is 11.7 Å². The fourth-order valence-corrected chi connectivity index (χ4v) is 7.08. The summed E-state index contributed by atoms with van der Waals surface area (Å²) in [6.45, 7) is 15.3. The van der Waals surface area contributed by atoms with E-state index in [4.69, 9.17) is 42.6 Å². The van der Waals surface area contributed by atoms with Gasteiger partial charge < -0.3 is 47.7 Å². The number of fused-ring (bicyclic) bond motifs is 1. The second kappa shape index (κ2) is 20.0. The van der Waals surface area contributed by atoms with Crippen molar-refractivity contribution in [3.63, 3.8) is 0 Å². The molecule has 0 aliphatic carbocycles. The van der Waals surface area contributed by atoms with Gasteiger partial charge in [0.05, 0.1) is 75.7 Å². The molecule has 0 saturated carbocycles. The summed E-state index contributed by atoms with van der Waals surface area (Å²) in [4.78, 5) is 24.6. The molecule has 0 fully saturated rings. The molecule has 0 amide bonds. The van der Waals surface area contributed by atoms with Crippen molar-refractivity contribution < 1.29 is 57.3 Å². The lowest BCUT2D eigenvalue weighted by molar-refractivity contribution is -0.185. The Morgan fingerprint density at radius 2 is 1.20 bits per heavy atom. The predicted octanol–water partition coefficient (Wildman–Crippen LogP) is 8.77. The number of aromatic nitrogens is 2. The number of esters is 1. The average Bonchev–Trinajstić information content (AvgIpc) is 3.79. The SMILES string of the molecule is COc1cc(C=O)cc(OC(C)C)c1OC(C)C.COc1ccc(OC)c(C2(O)OC(=O)C(c3ccc4nsnc4c3)=C2Cc2cc(OC)c(OC(C)C)c(OC(C)C)c2)c1. The Balaban J connectivity index is 0.000000328. The number of cyclic esters (lactones) is 1. The van der Waals surface area contributed by atoms with Crippen LogP contribution in [-0.2, 0) is 21.7 Å². The van der Waals surface area contributed by atoms with Gasteiger partial charge in [0.25, 0.3) is 5.79 Å². The van der Waals surface area contributed by atoms with E-state index in [0.29, 0.717) is 79.3 Å². The minimum atomic E-state index is -2.19. The monoisotopic (exact) mass is 858 g/mol. The number of aldehydes is 1. The molecule has 1 aromatic heterocycles. The third kappa shape index (κ3) is 10.6. The van der Waals surface area contributed by atoms with Gasteiger partial charge in [0.2, 0.25) is 11.5 Å². The van der Waals surface area contributed by atoms with E-state index < -0.39 is 11.8 Å². The van der Waals surface area contributed by atoms with Gasteiger partial charge in [-0.1, -0.05) is 6.07 Å². The smallest absolute Gasteiger partial charge is 0.342 e. The molecule has 0 spiro atoms. The summed E-state index contributed by atoms with van der Waals surface area (Å²) >= 11 is 1.08. The number of ether oxygens (including phenoxy) is 9. The Kier molecular flexibility index (Phi) is 15.1. The van der Waals surface area contributed by atoms with Crippen molar-refractivity contribution >= 4 is 40.6 Å². The van der Waals surface area contributed by atoms with Gasteiger partial charge in [0.1, 0.15) is 28.8 Å². The molecular formula is C46H54N2O12S. The van der Waals surface area contributed by atoms with Gasteiger partial charge in [-0.2, -0.15) is 8.75 Å². The third-order valence-electron chi connectivity index (χ3n) is 8.98. The Labute approximate surface area is 360 Å². The number of methoxy groups -OCH3 is 4. The normalized spacial score (nSPS) is 14.9. The summed E-state index contributed by atoms with van der Waals surface area (Å²) in [6, 6.07) is 17.2. The van der Waals surface area contributed by atoms with E-state index in [1.165, 1.54) is 21.3 Å². The number of hydrogen-bond acceptors (Lipinski definition) is 15. The highest BCUT2D eigenvalue weighted by Gasteiger charge is 2.50. The molecule has 326 valence electrons. The average molecular weight is 859 g/mol. The maximum atomic E-state index is 13.7. The van der Waals surface area contributed by atoms with Gasteiger partial charge in [0, 0.05) is 17.6 Å². The van der Waals surface area contributed by atoms with Gasteiger partial charge in [0.15, 0.2) is 23.0 Å². The van der Waals surface area contributed by atoms with Crippen LogP contribution in [-0.4, -0.2) is 79.0 Å². The summed E-state index contributed by atoms with van der Waals surface area (Å²) < 4.78 is 60.0. The van der Waals surface area contributed by atoms with Crippen molar-refractivity contribution in [2.45, 2.75) is 92.0 Å². The second-order valence-electron chi connectivity index (χ2n) is 15.1. The Hall–Kier alpha value is -6.06. The van der Waals surface area contributed by atoms with Crippen LogP contribution in [0.5, 0.6) is 46.0 Å². The van der Waals surface area contributed by atoms with Gasteiger partial charge in [-0.05, 0) is 121 Å². The van der Waals surface area contributed by atoms with Crippen LogP contribution in [0.25, 0.3) is 16.6 Å². The Morgan fingerprint density at radius 1 is 0.656 bits per heavy atom. The summed E-state index contributed by atoms with van der Waals surface area (Å²) in [7, 11) is 6.08. The van der Waals surface area contributed by atoms with Crippen LogP contribution in [0.1, 0.15) is 82.4 Å². The molecule has 1 N–H and O–H groups in total. The number of carbonyl (C=O) groups is 2. The molecule has 0 saturated heterocycles. The molecule has 0 radical (unpaired) electrons. The minimum Gasteiger partial charge on any atom is -0.497 e. The number of hydrogen-bond donors (Lipinski definition) is 1. The van der Waals surface area contributed by atoms with E-state index in [9.17, 15) is 14.7 Å². The fraction of sp³-hybridized carbons (Fsp3) is 0.391. The number of carbonyl (C=O) groups excluding carboxylic acids is 2. The van der Waals surface area contributed by atoms with Crippen LogP contribution < -0.4 is 37.9 Å². The van der Waals surface area contributed by atoms with Crippen LogP contribution in [0, 0.1) is 0 Å². The quantitative estimate of drug-likeness (QED) is 0.0697. The zero-order valence-corrected chi connectivity index (χ0v) is 37.4.